The molecule has 1 heterocycles. The van der Waals surface area contributed by atoms with Gasteiger partial charge in [0.05, 0.1) is 6.33 Å². The summed E-state index contributed by atoms with van der Waals surface area (Å²) >= 11 is 12.2. The Bertz CT molecular complexity index is 1130. The third-order valence-electron chi connectivity index (χ3n) is 4.44. The van der Waals surface area contributed by atoms with Crippen LogP contribution in [0.15, 0.2) is 79.4 Å². The zero-order chi connectivity index (χ0) is 19.3. The zero-order valence-corrected chi connectivity index (χ0v) is 17.6. The summed E-state index contributed by atoms with van der Waals surface area (Å²) in [4.78, 5) is 9.89. The van der Waals surface area contributed by atoms with Gasteiger partial charge in [-0.15, -0.1) is 0 Å². The molecule has 0 bridgehead atoms. The first-order valence-electron chi connectivity index (χ1n) is 8.81. The van der Waals surface area contributed by atoms with Crippen LogP contribution in [-0.4, -0.2) is 15.3 Å². The fourth-order valence-electron chi connectivity index (χ4n) is 2.96. The summed E-state index contributed by atoms with van der Waals surface area (Å²) < 4.78 is 1.98. The third kappa shape index (κ3) is 5.30. The normalized spacial score (nSPS) is 11.3. The quantitative estimate of drug-likeness (QED) is 0.355. The zero-order valence-electron chi connectivity index (χ0n) is 15.4. The topological polar surface area (TPSA) is 41.0 Å². The number of nitrogens with one attached hydrogen (secondary N) is 1. The van der Waals surface area contributed by atoms with Gasteiger partial charge in [0.2, 0.25) is 0 Å². The van der Waals surface area contributed by atoms with Gasteiger partial charge in [-0.25, -0.2) is 4.98 Å². The molecular weight excluding hydrogens is 429 g/mol. The molecule has 3 aromatic carbocycles. The van der Waals surface area contributed by atoms with E-state index in [0.717, 1.165) is 16.8 Å². The van der Waals surface area contributed by atoms with Gasteiger partial charge in [0, 0.05) is 33.6 Å². The second kappa shape index (κ2) is 9.79. The maximum absolute atomic E-state index is 6.23. The van der Waals surface area contributed by atoms with E-state index in [0.29, 0.717) is 23.2 Å². The first kappa shape index (κ1) is 21.2. The molecule has 0 spiro atoms. The lowest BCUT2D eigenvalue weighted by atomic mass is 10.0. The smallest absolute Gasteiger partial charge is 0.251 e. The first-order chi connectivity index (χ1) is 13.7. The number of fused-ring (bicyclic) bond motifs is 1. The summed E-state index contributed by atoms with van der Waals surface area (Å²) in [7, 11) is 0. The predicted octanol–water partition coefficient (Wildman–Crippen LogP) is 1.05. The minimum atomic E-state index is 0. The highest BCUT2D eigenvalue weighted by molar-refractivity contribution is 6.35. The van der Waals surface area contributed by atoms with E-state index in [1.165, 1.54) is 10.8 Å². The molecule has 0 atom stereocenters. The van der Waals surface area contributed by atoms with Crippen molar-refractivity contribution in [2.75, 3.05) is 0 Å². The summed E-state index contributed by atoms with van der Waals surface area (Å²) in [6.45, 7) is 0.920. The number of halogens is 3. The van der Waals surface area contributed by atoms with Crippen LogP contribution in [0, 0.1) is 0 Å². The molecule has 4 rings (SSSR count). The number of benzene rings is 3. The van der Waals surface area contributed by atoms with Crippen LogP contribution in [0.3, 0.4) is 0 Å². The number of rotatable bonds is 6. The Morgan fingerprint density at radius 1 is 1.00 bits per heavy atom. The van der Waals surface area contributed by atoms with Crippen molar-refractivity contribution in [2.45, 2.75) is 13.2 Å². The van der Waals surface area contributed by atoms with Crippen LogP contribution in [0.4, 0.5) is 0 Å². The van der Waals surface area contributed by atoms with E-state index in [-0.39, 0.29) is 12.4 Å². The van der Waals surface area contributed by atoms with Gasteiger partial charge in [-0.1, -0.05) is 59.6 Å². The van der Waals surface area contributed by atoms with E-state index in [1.54, 1.807) is 24.7 Å². The lowest BCUT2D eigenvalue weighted by Gasteiger charge is -2.05. The fraction of sp³-hybridized carbons (Fsp3) is 0.0909. The molecule has 0 saturated carbocycles. The number of imidazole rings is 1. The van der Waals surface area contributed by atoms with Crippen LogP contribution in [0.5, 0.6) is 0 Å². The standard InChI is InChI=1S/C22H17Cl2N3O.ClH/c23-20-8-7-19(21(24)12-20)14-28-26-22(13-27-10-9-25-15-27)18-6-5-16-3-1-2-4-17(16)11-18;/h1-12,15H,13-14H2;1H/b26-22-;. The Morgan fingerprint density at radius 3 is 2.59 bits per heavy atom. The van der Waals surface area contributed by atoms with E-state index in [9.17, 15) is 0 Å². The molecule has 0 saturated heterocycles. The number of hydrogen-bond acceptors (Lipinski definition) is 2. The third-order valence-corrected chi connectivity index (χ3v) is 5.02. The van der Waals surface area contributed by atoms with Crippen LogP contribution >= 0.6 is 23.2 Å². The van der Waals surface area contributed by atoms with Crippen molar-refractivity contribution in [3.63, 3.8) is 0 Å². The van der Waals surface area contributed by atoms with Gasteiger partial charge < -0.3 is 17.0 Å². The Morgan fingerprint density at radius 2 is 1.83 bits per heavy atom. The van der Waals surface area contributed by atoms with E-state index >= 15 is 0 Å². The highest BCUT2D eigenvalue weighted by Gasteiger charge is 2.14. The van der Waals surface area contributed by atoms with Gasteiger partial charge in [-0.05, 0) is 40.2 Å². The maximum Gasteiger partial charge on any atom is 0.251 e. The van der Waals surface area contributed by atoms with E-state index in [1.807, 2.05) is 29.0 Å². The Kier molecular flexibility index (Phi) is 7.15. The summed E-state index contributed by atoms with van der Waals surface area (Å²) in [5, 5.41) is 6.66. The molecule has 0 radical (unpaired) electrons. The summed E-state index contributed by atoms with van der Waals surface area (Å²) in [5.41, 5.74) is 2.84. The summed E-state index contributed by atoms with van der Waals surface area (Å²) in [6, 6.07) is 20.0. The van der Waals surface area contributed by atoms with E-state index < -0.39 is 0 Å². The van der Waals surface area contributed by atoms with Crippen molar-refractivity contribution in [3.05, 3.63) is 101 Å². The predicted molar refractivity (Wildman–Crippen MR) is 112 cm³/mol. The Balaban J connectivity index is 0.00000240. The van der Waals surface area contributed by atoms with Gasteiger partial charge >= 0.3 is 0 Å². The van der Waals surface area contributed by atoms with Gasteiger partial charge in [-0.2, -0.15) is 0 Å². The molecule has 0 aliphatic carbocycles. The molecule has 0 aliphatic rings. The van der Waals surface area contributed by atoms with Crippen LogP contribution < -0.4 is 17.6 Å². The number of hydrogen-bond donors (Lipinski definition) is 1. The average Bonchev–Trinajstić information content (AvgIpc) is 3.21. The lowest BCUT2D eigenvalue weighted by molar-refractivity contribution is -0.759. The molecule has 0 unspecified atom stereocenters. The van der Waals surface area contributed by atoms with Crippen LogP contribution in [0.1, 0.15) is 11.1 Å². The summed E-state index contributed by atoms with van der Waals surface area (Å²) in [5.74, 6) is 0. The van der Waals surface area contributed by atoms with Gasteiger partial charge in [0.25, 0.3) is 5.71 Å². The molecule has 1 N–H and O–H groups in total. The molecule has 29 heavy (non-hydrogen) atoms. The minimum Gasteiger partial charge on any atom is -1.00 e. The van der Waals surface area contributed by atoms with Crippen molar-refractivity contribution in [2.24, 2.45) is 0 Å². The number of aromatic nitrogens is 2. The highest BCUT2D eigenvalue weighted by Crippen LogP contribution is 2.21. The average molecular weight is 447 g/mol. The maximum atomic E-state index is 6.23. The second-order valence-corrected chi connectivity index (χ2v) is 7.25. The van der Waals surface area contributed by atoms with Crippen LogP contribution in [0.25, 0.3) is 10.8 Å². The molecule has 4 nitrogen and oxygen atoms in total. The van der Waals surface area contributed by atoms with Crippen LogP contribution in [-0.2, 0) is 18.0 Å². The van der Waals surface area contributed by atoms with Crippen LogP contribution in [0.2, 0.25) is 10.0 Å². The first-order valence-corrected chi connectivity index (χ1v) is 9.57. The second-order valence-electron chi connectivity index (χ2n) is 6.40. The largest absolute Gasteiger partial charge is 1.00 e. The fourth-order valence-corrected chi connectivity index (χ4v) is 3.43. The molecule has 7 heteroatoms. The molecule has 0 aliphatic heterocycles. The highest BCUT2D eigenvalue weighted by atomic mass is 35.5. The summed E-state index contributed by atoms with van der Waals surface area (Å²) in [6.07, 6.45) is 5.45. The van der Waals surface area contributed by atoms with Crippen molar-refractivity contribution < 1.29 is 22.4 Å². The monoisotopic (exact) mass is 445 g/mol. The van der Waals surface area contributed by atoms with Gasteiger partial charge in [-0.3, -0.25) is 4.84 Å². The van der Waals surface area contributed by atoms with Crippen molar-refractivity contribution >= 4 is 39.7 Å². The van der Waals surface area contributed by atoms with Crippen molar-refractivity contribution in [3.8, 4) is 0 Å². The SMILES string of the molecule is Clc1ccc(CO/[NH+]=C(/Cn2ccnc2)c2ccc3ccccc3c2)c(Cl)c1.[Cl-]. The van der Waals surface area contributed by atoms with Gasteiger partial charge in [0.1, 0.15) is 6.54 Å². The molecule has 0 amide bonds. The Labute approximate surface area is 185 Å². The molecule has 4 aromatic rings. The van der Waals surface area contributed by atoms with E-state index in [4.69, 9.17) is 28.0 Å². The lowest BCUT2D eigenvalue weighted by Crippen LogP contribution is -3.00. The van der Waals surface area contributed by atoms with Crippen molar-refractivity contribution in [1.29, 1.82) is 0 Å². The van der Waals surface area contributed by atoms with Crippen molar-refractivity contribution in [1.82, 2.24) is 9.55 Å². The number of nitrogens with zero attached hydrogens (tertiary/aromatic N) is 2. The van der Waals surface area contributed by atoms with Gasteiger partial charge in [0.15, 0.2) is 6.61 Å². The Hall–Kier alpha value is -2.53. The van der Waals surface area contributed by atoms with E-state index in [2.05, 4.69) is 40.5 Å². The molecule has 148 valence electrons. The molecule has 1 aromatic heterocycles. The minimum absolute atomic E-state index is 0. The molecule has 0 fully saturated rings. The molecular formula is C22H18Cl3N3O.